The highest BCUT2D eigenvalue weighted by molar-refractivity contribution is 8.00. The Balaban J connectivity index is 2.39. The largest absolute Gasteiger partial charge is 0.480 e. The minimum absolute atomic E-state index is 0.0966. The van der Waals surface area contributed by atoms with Crippen LogP contribution in [0.2, 0.25) is 0 Å². The summed E-state index contributed by atoms with van der Waals surface area (Å²) in [5.74, 6) is -1.07. The number of aliphatic hydroxyl groups excluding tert-OH is 1. The third-order valence-electron chi connectivity index (χ3n) is 2.82. The van der Waals surface area contributed by atoms with Crippen LogP contribution in [0.25, 0.3) is 0 Å². The van der Waals surface area contributed by atoms with Crippen molar-refractivity contribution in [1.82, 2.24) is 5.32 Å². The number of amides is 1. The number of carboxylic acid groups (broad SMARTS) is 1. The highest BCUT2D eigenvalue weighted by Gasteiger charge is 2.26. The molecule has 1 fully saturated rings. The van der Waals surface area contributed by atoms with Crippen LogP contribution in [0.3, 0.4) is 0 Å². The van der Waals surface area contributed by atoms with E-state index in [9.17, 15) is 14.7 Å². The van der Waals surface area contributed by atoms with Crippen LogP contribution in [0.5, 0.6) is 0 Å². The van der Waals surface area contributed by atoms with Crippen molar-refractivity contribution in [2.75, 3.05) is 5.75 Å². The predicted octanol–water partition coefficient (Wildman–Crippen LogP) is 0.612. The maximum absolute atomic E-state index is 10.9. The standard InChI is InChI=1S/C11H19NO4S/c1-7(13)12-8(11(15)16)6-17-10-5-3-2-4-9(10)14/h8-10,14H,2-6H2,1H3,(H,12,13)(H,15,16)/t8-,9?,10?/m0/s1. The second-order valence-electron chi connectivity index (χ2n) is 4.31. The first-order valence-corrected chi connectivity index (χ1v) is 6.85. The van der Waals surface area contributed by atoms with Gasteiger partial charge in [0, 0.05) is 17.9 Å². The highest BCUT2D eigenvalue weighted by atomic mass is 32.2. The minimum atomic E-state index is -1.03. The van der Waals surface area contributed by atoms with E-state index in [1.54, 1.807) is 0 Å². The topological polar surface area (TPSA) is 86.6 Å². The smallest absolute Gasteiger partial charge is 0.327 e. The molecule has 17 heavy (non-hydrogen) atoms. The molecule has 1 aliphatic carbocycles. The lowest BCUT2D eigenvalue weighted by molar-refractivity contribution is -0.140. The normalized spacial score (nSPS) is 26.2. The molecule has 0 radical (unpaired) electrons. The summed E-state index contributed by atoms with van der Waals surface area (Å²) in [6.45, 7) is 1.30. The van der Waals surface area contributed by atoms with E-state index in [1.807, 2.05) is 0 Å². The van der Waals surface area contributed by atoms with Gasteiger partial charge < -0.3 is 15.5 Å². The Hall–Kier alpha value is -0.750. The summed E-state index contributed by atoms with van der Waals surface area (Å²) in [7, 11) is 0. The summed E-state index contributed by atoms with van der Waals surface area (Å²) in [6.07, 6.45) is 3.47. The zero-order valence-electron chi connectivity index (χ0n) is 9.89. The molecule has 0 aromatic carbocycles. The van der Waals surface area contributed by atoms with E-state index in [0.29, 0.717) is 5.75 Å². The van der Waals surface area contributed by atoms with Crippen LogP contribution in [-0.2, 0) is 9.59 Å². The Morgan fingerprint density at radius 2 is 2.06 bits per heavy atom. The van der Waals surface area contributed by atoms with Crippen molar-refractivity contribution >= 4 is 23.6 Å². The maximum atomic E-state index is 10.9. The molecule has 98 valence electrons. The van der Waals surface area contributed by atoms with Gasteiger partial charge in [-0.3, -0.25) is 4.79 Å². The Bertz CT molecular complexity index is 285. The van der Waals surface area contributed by atoms with Gasteiger partial charge in [-0.1, -0.05) is 12.8 Å². The lowest BCUT2D eigenvalue weighted by Gasteiger charge is -2.27. The third-order valence-corrected chi connectivity index (χ3v) is 4.32. The van der Waals surface area contributed by atoms with Crippen molar-refractivity contribution < 1.29 is 19.8 Å². The third kappa shape index (κ3) is 4.95. The molecule has 6 heteroatoms. The van der Waals surface area contributed by atoms with Gasteiger partial charge in [-0.05, 0) is 12.8 Å². The monoisotopic (exact) mass is 261 g/mol. The molecule has 3 N–H and O–H groups in total. The van der Waals surface area contributed by atoms with Gasteiger partial charge in [-0.15, -0.1) is 0 Å². The van der Waals surface area contributed by atoms with Gasteiger partial charge >= 0.3 is 5.97 Å². The fraction of sp³-hybridized carbons (Fsp3) is 0.818. The zero-order chi connectivity index (χ0) is 12.8. The molecular formula is C11H19NO4S. The summed E-state index contributed by atoms with van der Waals surface area (Å²) < 4.78 is 0. The van der Waals surface area contributed by atoms with Crippen LogP contribution in [0.4, 0.5) is 0 Å². The second-order valence-corrected chi connectivity index (χ2v) is 5.59. The van der Waals surface area contributed by atoms with Gasteiger partial charge in [-0.25, -0.2) is 4.79 Å². The van der Waals surface area contributed by atoms with Crippen LogP contribution in [0, 0.1) is 0 Å². The van der Waals surface area contributed by atoms with Crippen molar-refractivity contribution in [3.8, 4) is 0 Å². The fourth-order valence-electron chi connectivity index (χ4n) is 1.91. The van der Waals surface area contributed by atoms with Gasteiger partial charge in [0.25, 0.3) is 0 Å². The summed E-state index contributed by atoms with van der Waals surface area (Å²) in [5.41, 5.74) is 0. The van der Waals surface area contributed by atoms with Crippen LogP contribution in [0.1, 0.15) is 32.6 Å². The number of thioether (sulfide) groups is 1. The van der Waals surface area contributed by atoms with E-state index in [4.69, 9.17) is 5.11 Å². The molecule has 0 aliphatic heterocycles. The van der Waals surface area contributed by atoms with Crippen molar-refractivity contribution in [3.63, 3.8) is 0 Å². The molecule has 0 spiro atoms. The van der Waals surface area contributed by atoms with Crippen molar-refractivity contribution in [3.05, 3.63) is 0 Å². The Labute approximate surface area is 105 Å². The molecule has 2 unspecified atom stereocenters. The van der Waals surface area contributed by atoms with Gasteiger partial charge in [0.15, 0.2) is 0 Å². The summed E-state index contributed by atoms with van der Waals surface area (Å²) in [6, 6.07) is -0.869. The Morgan fingerprint density at radius 1 is 1.41 bits per heavy atom. The van der Waals surface area contributed by atoms with E-state index >= 15 is 0 Å². The maximum Gasteiger partial charge on any atom is 0.327 e. The van der Waals surface area contributed by atoms with Crippen LogP contribution >= 0.6 is 11.8 Å². The van der Waals surface area contributed by atoms with Gasteiger partial charge in [0.2, 0.25) is 5.91 Å². The lowest BCUT2D eigenvalue weighted by atomic mass is 9.97. The van der Waals surface area contributed by atoms with Crippen LogP contribution in [-0.4, -0.2) is 45.2 Å². The highest BCUT2D eigenvalue weighted by Crippen LogP contribution is 2.29. The number of nitrogens with one attached hydrogen (secondary N) is 1. The first kappa shape index (κ1) is 14.3. The van der Waals surface area contributed by atoms with Crippen LogP contribution < -0.4 is 5.32 Å². The summed E-state index contributed by atoms with van der Waals surface area (Å²) >= 11 is 1.44. The number of aliphatic hydroxyl groups is 1. The van der Waals surface area contributed by atoms with Crippen molar-refractivity contribution in [1.29, 1.82) is 0 Å². The van der Waals surface area contributed by atoms with Crippen molar-refractivity contribution in [2.24, 2.45) is 0 Å². The molecule has 1 aliphatic rings. The molecule has 1 saturated carbocycles. The average Bonchev–Trinajstić information content (AvgIpc) is 2.25. The number of hydrogen-bond acceptors (Lipinski definition) is 4. The molecule has 1 rings (SSSR count). The fourth-order valence-corrected chi connectivity index (χ4v) is 3.27. The number of carbonyl (C=O) groups is 2. The van der Waals surface area contributed by atoms with Gasteiger partial charge in [-0.2, -0.15) is 11.8 Å². The van der Waals surface area contributed by atoms with E-state index in [0.717, 1.165) is 25.7 Å². The number of carboxylic acids is 1. The van der Waals surface area contributed by atoms with E-state index in [-0.39, 0.29) is 17.3 Å². The number of carbonyl (C=O) groups excluding carboxylic acids is 1. The zero-order valence-corrected chi connectivity index (χ0v) is 10.7. The lowest BCUT2D eigenvalue weighted by Crippen LogP contribution is -2.42. The van der Waals surface area contributed by atoms with Crippen molar-refractivity contribution in [2.45, 2.75) is 50.0 Å². The molecule has 1 amide bonds. The summed E-state index contributed by atoms with van der Waals surface area (Å²) in [4.78, 5) is 21.7. The quantitative estimate of drug-likeness (QED) is 0.675. The molecule has 0 aromatic rings. The molecule has 3 atom stereocenters. The first-order valence-electron chi connectivity index (χ1n) is 5.80. The first-order chi connectivity index (χ1) is 8.00. The second kappa shape index (κ2) is 6.86. The Morgan fingerprint density at radius 3 is 2.59 bits per heavy atom. The number of rotatable bonds is 5. The summed E-state index contributed by atoms with van der Waals surface area (Å²) in [5, 5.41) is 21.2. The van der Waals surface area contributed by atoms with E-state index in [2.05, 4.69) is 5.32 Å². The van der Waals surface area contributed by atoms with Gasteiger partial charge in [0.1, 0.15) is 6.04 Å². The number of aliphatic carboxylic acids is 1. The molecule has 5 nitrogen and oxygen atoms in total. The molecule has 0 saturated heterocycles. The number of hydrogen-bond donors (Lipinski definition) is 3. The molecular weight excluding hydrogens is 242 g/mol. The molecule has 0 heterocycles. The SMILES string of the molecule is CC(=O)N[C@@H](CSC1CCCCC1O)C(=O)O. The average molecular weight is 261 g/mol. The Kier molecular flexibility index (Phi) is 5.77. The van der Waals surface area contributed by atoms with E-state index in [1.165, 1.54) is 18.7 Å². The minimum Gasteiger partial charge on any atom is -0.480 e. The predicted molar refractivity (Wildman–Crippen MR) is 66.0 cm³/mol. The molecule has 0 aromatic heterocycles. The molecule has 0 bridgehead atoms. The van der Waals surface area contributed by atoms with Gasteiger partial charge in [0.05, 0.1) is 6.10 Å². The van der Waals surface area contributed by atoms with E-state index < -0.39 is 12.0 Å². The van der Waals surface area contributed by atoms with Crippen LogP contribution in [0.15, 0.2) is 0 Å².